The Labute approximate surface area is 78.7 Å². The number of nitrogens with zero attached hydrogens (tertiary/aromatic N) is 1. The minimum atomic E-state index is -6.07. The Hall–Kier alpha value is -1.12. The van der Waals surface area contributed by atoms with Crippen molar-refractivity contribution < 1.29 is 35.6 Å². The number of rotatable bonds is 1. The van der Waals surface area contributed by atoms with Gasteiger partial charge in [0.25, 0.3) is 0 Å². The SMILES string of the molecule is FC(F)(F)C(F)([NH+]1C=CN=C1)C(F)(F)F. The number of quaternary nitrogens is 1. The van der Waals surface area contributed by atoms with Gasteiger partial charge in [-0.25, -0.2) is 9.89 Å². The molecule has 0 aromatic rings. The number of hydrogen-bond donors (Lipinski definition) is 1. The number of nitrogens with one attached hydrogen (secondary N) is 1. The summed E-state index contributed by atoms with van der Waals surface area (Å²) in [5.74, 6) is -5.36. The lowest BCUT2D eigenvalue weighted by Gasteiger charge is -2.30. The molecule has 86 valence electrons. The summed E-state index contributed by atoms with van der Waals surface area (Å²) in [6.07, 6.45) is -11.0. The first-order valence-electron chi connectivity index (χ1n) is 3.50. The zero-order valence-electron chi connectivity index (χ0n) is 6.83. The molecule has 0 bridgehead atoms. The highest BCUT2D eigenvalue weighted by atomic mass is 19.4. The fraction of sp³-hybridized carbons (Fsp3) is 0.500. The molecule has 1 atom stereocenters. The molecule has 1 rings (SSSR count). The standard InChI is InChI=1S/C6H3F7N2/c7-4(5(8,9)10,6(11,12)13)15-2-1-14-3-15/h1-3H/p+1. The Balaban J connectivity index is 3.19. The van der Waals surface area contributed by atoms with Gasteiger partial charge in [0.15, 0.2) is 6.34 Å². The summed E-state index contributed by atoms with van der Waals surface area (Å²) >= 11 is 0. The van der Waals surface area contributed by atoms with Crippen molar-refractivity contribution in [2.75, 3.05) is 0 Å². The minimum Gasteiger partial charge on any atom is -0.218 e. The van der Waals surface area contributed by atoms with Gasteiger partial charge < -0.3 is 0 Å². The van der Waals surface area contributed by atoms with Gasteiger partial charge in [0.1, 0.15) is 6.20 Å². The van der Waals surface area contributed by atoms with Crippen LogP contribution in [0.2, 0.25) is 0 Å². The first kappa shape index (κ1) is 12.0. The van der Waals surface area contributed by atoms with Gasteiger partial charge in [0.05, 0.1) is 6.20 Å². The van der Waals surface area contributed by atoms with Crippen LogP contribution < -0.4 is 4.90 Å². The molecule has 2 nitrogen and oxygen atoms in total. The lowest BCUT2D eigenvalue weighted by molar-refractivity contribution is -0.872. The number of halogens is 7. The molecule has 0 saturated carbocycles. The molecule has 0 aromatic heterocycles. The van der Waals surface area contributed by atoms with Gasteiger partial charge in [0, 0.05) is 0 Å². The molecular formula is C6H4F7N2+. The quantitative estimate of drug-likeness (QED) is 0.521. The maximum absolute atomic E-state index is 13.1. The summed E-state index contributed by atoms with van der Waals surface area (Å²) in [7, 11) is 0. The normalized spacial score (nSPS) is 22.5. The van der Waals surface area contributed by atoms with E-state index in [0.717, 1.165) is 0 Å². The average molecular weight is 237 g/mol. The molecule has 1 aliphatic rings. The van der Waals surface area contributed by atoms with E-state index in [0.29, 0.717) is 12.4 Å². The van der Waals surface area contributed by atoms with Crippen LogP contribution in [0, 0.1) is 0 Å². The topological polar surface area (TPSA) is 16.8 Å². The zero-order chi connectivity index (χ0) is 11.9. The van der Waals surface area contributed by atoms with Crippen molar-refractivity contribution in [3.63, 3.8) is 0 Å². The number of hydrogen-bond acceptors (Lipinski definition) is 1. The first-order valence-corrected chi connectivity index (χ1v) is 3.50. The first-order chi connectivity index (χ1) is 6.61. The Bertz CT molecular complexity index is 274. The van der Waals surface area contributed by atoms with Crippen LogP contribution in [0.1, 0.15) is 0 Å². The molecular weight excluding hydrogens is 233 g/mol. The van der Waals surface area contributed by atoms with E-state index >= 15 is 0 Å². The summed E-state index contributed by atoms with van der Waals surface area (Å²) in [5.41, 5.74) is 0. The molecule has 9 heteroatoms. The lowest BCUT2D eigenvalue weighted by Crippen LogP contribution is -3.18. The van der Waals surface area contributed by atoms with Gasteiger partial charge in [-0.2, -0.15) is 30.7 Å². The molecule has 0 aliphatic carbocycles. The van der Waals surface area contributed by atoms with Gasteiger partial charge in [-0.15, -0.1) is 0 Å². The van der Waals surface area contributed by atoms with Crippen molar-refractivity contribution in [2.45, 2.75) is 18.1 Å². The van der Waals surface area contributed by atoms with Gasteiger partial charge >= 0.3 is 18.1 Å². The van der Waals surface area contributed by atoms with Crippen LogP contribution in [0.15, 0.2) is 17.4 Å². The highest BCUT2D eigenvalue weighted by molar-refractivity contribution is 5.48. The second kappa shape index (κ2) is 3.19. The summed E-state index contributed by atoms with van der Waals surface area (Å²) in [6, 6.07) is 0. The van der Waals surface area contributed by atoms with Crippen LogP contribution in [-0.2, 0) is 0 Å². The predicted molar refractivity (Wildman–Crippen MR) is 34.5 cm³/mol. The van der Waals surface area contributed by atoms with Crippen molar-refractivity contribution in [3.8, 4) is 0 Å². The smallest absolute Gasteiger partial charge is 0.218 e. The third-order valence-corrected chi connectivity index (χ3v) is 1.73. The van der Waals surface area contributed by atoms with Crippen LogP contribution in [0.25, 0.3) is 0 Å². The van der Waals surface area contributed by atoms with Crippen molar-refractivity contribution in [3.05, 3.63) is 12.4 Å². The molecule has 1 heterocycles. The number of alkyl halides is 7. The summed E-state index contributed by atoms with van der Waals surface area (Å²) in [5, 5.41) is 0. The minimum absolute atomic E-state index is 0.195. The van der Waals surface area contributed by atoms with E-state index in [-0.39, 0.29) is 6.34 Å². The maximum Gasteiger partial charge on any atom is 0.488 e. The van der Waals surface area contributed by atoms with E-state index in [1.54, 1.807) is 0 Å². The molecule has 15 heavy (non-hydrogen) atoms. The highest BCUT2D eigenvalue weighted by Crippen LogP contribution is 2.41. The van der Waals surface area contributed by atoms with E-state index < -0.39 is 23.0 Å². The van der Waals surface area contributed by atoms with Crippen LogP contribution in [-0.4, -0.2) is 24.5 Å². The lowest BCUT2D eigenvalue weighted by atomic mass is 10.2. The summed E-state index contributed by atoms with van der Waals surface area (Å²) in [4.78, 5) is 1.41. The van der Waals surface area contributed by atoms with Crippen molar-refractivity contribution in [1.82, 2.24) is 0 Å². The molecule has 0 radical (unpaired) electrons. The predicted octanol–water partition coefficient (Wildman–Crippen LogP) is 1.17. The van der Waals surface area contributed by atoms with Crippen LogP contribution in [0.3, 0.4) is 0 Å². The summed E-state index contributed by atoms with van der Waals surface area (Å²) in [6.45, 7) is 0. The molecule has 0 saturated heterocycles. The van der Waals surface area contributed by atoms with E-state index in [1.165, 1.54) is 0 Å². The van der Waals surface area contributed by atoms with Crippen LogP contribution in [0.5, 0.6) is 0 Å². The Morgan fingerprint density at radius 2 is 1.33 bits per heavy atom. The van der Waals surface area contributed by atoms with Crippen LogP contribution >= 0.6 is 0 Å². The largest absolute Gasteiger partial charge is 0.488 e. The van der Waals surface area contributed by atoms with Crippen molar-refractivity contribution in [1.29, 1.82) is 0 Å². The molecule has 1 N–H and O–H groups in total. The fourth-order valence-electron chi connectivity index (χ4n) is 0.982. The Morgan fingerprint density at radius 3 is 1.60 bits per heavy atom. The third kappa shape index (κ3) is 1.71. The molecule has 1 aliphatic heterocycles. The van der Waals surface area contributed by atoms with E-state index in [1.807, 2.05) is 0 Å². The Kier molecular flexibility index (Phi) is 2.54. The van der Waals surface area contributed by atoms with E-state index in [9.17, 15) is 30.7 Å². The fourth-order valence-corrected chi connectivity index (χ4v) is 0.982. The molecule has 0 aromatic carbocycles. The second-order valence-electron chi connectivity index (χ2n) is 2.70. The molecule has 0 spiro atoms. The second-order valence-corrected chi connectivity index (χ2v) is 2.70. The monoisotopic (exact) mass is 237 g/mol. The average Bonchev–Trinajstić information content (AvgIpc) is 2.49. The van der Waals surface area contributed by atoms with Crippen molar-refractivity contribution in [2.24, 2.45) is 4.99 Å². The van der Waals surface area contributed by atoms with Gasteiger partial charge in [-0.3, -0.25) is 0 Å². The summed E-state index contributed by atoms with van der Waals surface area (Å²) < 4.78 is 85.3. The van der Waals surface area contributed by atoms with Crippen molar-refractivity contribution >= 4 is 6.34 Å². The maximum atomic E-state index is 13.1. The van der Waals surface area contributed by atoms with Crippen LogP contribution in [0.4, 0.5) is 30.7 Å². The van der Waals surface area contributed by atoms with Gasteiger partial charge in [-0.1, -0.05) is 0 Å². The third-order valence-electron chi connectivity index (χ3n) is 1.73. The van der Waals surface area contributed by atoms with E-state index in [4.69, 9.17) is 0 Å². The van der Waals surface area contributed by atoms with E-state index in [2.05, 4.69) is 4.99 Å². The molecule has 0 amide bonds. The Morgan fingerprint density at radius 1 is 0.867 bits per heavy atom. The van der Waals surface area contributed by atoms with Gasteiger partial charge in [-0.05, 0) is 0 Å². The van der Waals surface area contributed by atoms with Gasteiger partial charge in [0.2, 0.25) is 0 Å². The molecule has 0 fully saturated rings. The molecule has 1 unspecified atom stereocenters. The highest BCUT2D eigenvalue weighted by Gasteiger charge is 2.80. The number of aliphatic imine (C=N–C) groups is 1. The zero-order valence-corrected chi connectivity index (χ0v) is 6.83.